The number of rotatable bonds is 11. The number of hydrogen-bond acceptors (Lipinski definition) is 13. The SMILES string of the molecule is C[C@@]1(O)CCCN(c2nc(OCC3(CN4CCC5(CC4)CC(CN4CCN(c6ccc7c(c6)CN([C@H]6CCC(=O)NC6=O)C7=O)CC4)C5)CC3)nc3c(F)c(-c4cc(N)cc(Cl)c4C(F)(F)F)ncc23)C1. The van der Waals surface area contributed by atoms with Crippen LogP contribution >= 0.6 is 11.6 Å². The first-order valence-electron chi connectivity index (χ1n) is 24.9. The van der Waals surface area contributed by atoms with Crippen LogP contribution in [0, 0.1) is 22.6 Å². The third kappa shape index (κ3) is 9.47. The summed E-state index contributed by atoms with van der Waals surface area (Å²) in [4.78, 5) is 61.7. The summed E-state index contributed by atoms with van der Waals surface area (Å²) < 4.78 is 66.0. The molecule has 71 heavy (non-hydrogen) atoms. The number of alkyl halides is 3. The fourth-order valence-corrected chi connectivity index (χ4v) is 12.8. The van der Waals surface area contributed by atoms with E-state index in [4.69, 9.17) is 27.1 Å². The number of likely N-dealkylation sites (tertiary alicyclic amines) is 1. The number of fused-ring (bicyclic) bond motifs is 2. The van der Waals surface area contributed by atoms with Gasteiger partial charge in [-0.1, -0.05) is 11.6 Å². The summed E-state index contributed by atoms with van der Waals surface area (Å²) >= 11 is 6.04. The first-order valence-corrected chi connectivity index (χ1v) is 25.3. The molecule has 4 saturated heterocycles. The van der Waals surface area contributed by atoms with Crippen molar-refractivity contribution in [3.05, 3.63) is 64.1 Å². The van der Waals surface area contributed by atoms with Gasteiger partial charge in [-0.25, -0.2) is 4.39 Å². The smallest absolute Gasteiger partial charge is 0.418 e. The zero-order valence-corrected chi connectivity index (χ0v) is 40.6. The number of nitrogens with two attached hydrogens (primary N) is 1. The monoisotopic (exact) mass is 1000 g/mol. The summed E-state index contributed by atoms with van der Waals surface area (Å²) in [6.45, 7) is 10.8. The van der Waals surface area contributed by atoms with Crippen molar-refractivity contribution in [2.24, 2.45) is 16.7 Å². The molecule has 2 aromatic carbocycles. The molecule has 4 aromatic rings. The number of pyridine rings is 1. The Hall–Kier alpha value is -5.37. The maximum absolute atomic E-state index is 16.7. The number of hydrogen-bond donors (Lipinski definition) is 3. The number of piperazine rings is 1. The van der Waals surface area contributed by atoms with Crippen LogP contribution in [-0.4, -0.2) is 136 Å². The Bertz CT molecular complexity index is 2790. The van der Waals surface area contributed by atoms with Gasteiger partial charge in [0.1, 0.15) is 23.1 Å². The second-order valence-electron chi connectivity index (χ2n) is 21.8. The Labute approximate surface area is 414 Å². The molecule has 0 unspecified atom stereocenters. The van der Waals surface area contributed by atoms with E-state index in [0.717, 1.165) is 101 Å². The summed E-state index contributed by atoms with van der Waals surface area (Å²) in [6, 6.07) is 7.24. The van der Waals surface area contributed by atoms with Gasteiger partial charge >= 0.3 is 12.2 Å². The van der Waals surface area contributed by atoms with Gasteiger partial charge in [0.15, 0.2) is 5.82 Å². The molecule has 11 rings (SSSR count). The van der Waals surface area contributed by atoms with Gasteiger partial charge in [-0.15, -0.1) is 0 Å². The van der Waals surface area contributed by atoms with Crippen LogP contribution in [0.1, 0.15) is 92.6 Å². The average Bonchev–Trinajstić information content (AvgIpc) is 4.00. The summed E-state index contributed by atoms with van der Waals surface area (Å²) in [5, 5.41) is 12.9. The quantitative estimate of drug-likeness (QED) is 0.0827. The lowest BCUT2D eigenvalue weighted by Gasteiger charge is -2.54. The van der Waals surface area contributed by atoms with E-state index in [-0.39, 0.29) is 58.6 Å². The number of β-amino-alcohol motifs (C(OH)–C–C–N with tert-alkyl or cyclic N) is 1. The largest absolute Gasteiger partial charge is 0.463 e. The summed E-state index contributed by atoms with van der Waals surface area (Å²) in [5.41, 5.74) is 4.96. The van der Waals surface area contributed by atoms with Crippen molar-refractivity contribution >= 4 is 57.4 Å². The fraction of sp³-hybridized carbons (Fsp3) is 0.569. The number of nitrogens with one attached hydrogen (secondary N) is 1. The minimum Gasteiger partial charge on any atom is -0.463 e. The molecule has 2 atom stereocenters. The van der Waals surface area contributed by atoms with Crippen LogP contribution in [0.2, 0.25) is 5.02 Å². The molecule has 4 N–H and O–H groups in total. The fourth-order valence-electron chi connectivity index (χ4n) is 12.4. The molecule has 7 aliphatic rings. The van der Waals surface area contributed by atoms with Crippen LogP contribution in [0.5, 0.6) is 6.01 Å². The van der Waals surface area contributed by atoms with E-state index in [0.29, 0.717) is 55.9 Å². The molecule has 6 fully saturated rings. The van der Waals surface area contributed by atoms with Gasteiger partial charge < -0.3 is 35.2 Å². The number of anilines is 3. The van der Waals surface area contributed by atoms with Gasteiger partial charge in [-0.2, -0.15) is 23.1 Å². The van der Waals surface area contributed by atoms with Crippen molar-refractivity contribution < 1.29 is 41.8 Å². The molecular weight excluding hydrogens is 944 g/mol. The predicted molar refractivity (Wildman–Crippen MR) is 258 cm³/mol. The highest BCUT2D eigenvalue weighted by Crippen LogP contribution is 2.54. The molecule has 5 aliphatic heterocycles. The Morgan fingerprint density at radius 1 is 0.930 bits per heavy atom. The second kappa shape index (κ2) is 18.0. The molecule has 0 bridgehead atoms. The number of benzene rings is 2. The Balaban J connectivity index is 0.687. The first-order chi connectivity index (χ1) is 33.8. The van der Waals surface area contributed by atoms with Gasteiger partial charge in [0.25, 0.3) is 5.91 Å². The number of aliphatic hydroxyl groups is 1. The zero-order valence-electron chi connectivity index (χ0n) is 39.8. The van der Waals surface area contributed by atoms with Gasteiger partial charge in [-0.3, -0.25) is 29.6 Å². The molecule has 2 saturated carbocycles. The van der Waals surface area contributed by atoms with Crippen molar-refractivity contribution in [3.8, 4) is 17.3 Å². The van der Waals surface area contributed by atoms with Crippen molar-refractivity contribution in [2.75, 3.05) is 87.6 Å². The minimum atomic E-state index is -4.92. The summed E-state index contributed by atoms with van der Waals surface area (Å²) in [7, 11) is 0. The highest BCUT2D eigenvalue weighted by atomic mass is 35.5. The number of halogens is 5. The number of ether oxygens (including phenoxy) is 1. The molecule has 7 heterocycles. The molecular formula is C51H59ClF4N10O5. The molecule has 15 nitrogen and oxygen atoms in total. The van der Waals surface area contributed by atoms with E-state index >= 15 is 4.39 Å². The molecule has 20 heteroatoms. The van der Waals surface area contributed by atoms with E-state index in [2.05, 4.69) is 36.1 Å². The maximum Gasteiger partial charge on any atom is 0.418 e. The van der Waals surface area contributed by atoms with E-state index in [1.165, 1.54) is 19.0 Å². The Morgan fingerprint density at radius 3 is 2.39 bits per heavy atom. The minimum absolute atomic E-state index is 0.0839. The number of imide groups is 1. The van der Waals surface area contributed by atoms with Crippen LogP contribution in [0.3, 0.4) is 0 Å². The van der Waals surface area contributed by atoms with Crippen LogP contribution in [0.15, 0.2) is 36.5 Å². The number of nitrogen functional groups attached to an aromatic ring is 1. The van der Waals surface area contributed by atoms with E-state index in [9.17, 15) is 32.7 Å². The van der Waals surface area contributed by atoms with Gasteiger partial charge in [-0.05, 0) is 125 Å². The van der Waals surface area contributed by atoms with Crippen molar-refractivity contribution in [1.29, 1.82) is 0 Å². The number of carbonyl (C=O) groups is 3. The van der Waals surface area contributed by atoms with Crippen LogP contribution < -0.4 is 25.6 Å². The number of amides is 3. The number of aromatic nitrogens is 3. The van der Waals surface area contributed by atoms with Crippen LogP contribution in [-0.2, 0) is 22.3 Å². The molecule has 378 valence electrons. The number of piperidine rings is 3. The standard InChI is InChI=1S/C51H59ClF4N10O5/c1-48(70)7-2-12-65(27-48)44-36-24-58-42(35-20-32(57)21-37(52)40(35)51(54,55)56)41(53)43(36)60-47(61-44)71-29-50(8-9-50)28-63-13-10-49(11-14-63)22-30(23-49)25-62-15-17-64(18-16-62)33-3-4-34-31(19-33)26-66(46(34)69)38-5-6-39(67)59-45(38)68/h3-4,19-21,24,30,38,70H,2,5-18,22-23,25-29,57H2,1H3,(H,59,67,68)/t38-,48+/m0/s1. The average molecular weight is 1000 g/mol. The van der Waals surface area contributed by atoms with E-state index in [1.807, 2.05) is 17.0 Å². The molecule has 0 radical (unpaired) electrons. The second-order valence-corrected chi connectivity index (χ2v) is 22.2. The maximum atomic E-state index is 16.7. The number of carbonyl (C=O) groups excluding carboxylic acids is 3. The Kier molecular flexibility index (Phi) is 12.1. The van der Waals surface area contributed by atoms with Crippen molar-refractivity contribution in [1.82, 2.24) is 35.0 Å². The van der Waals surface area contributed by atoms with E-state index < -0.39 is 51.4 Å². The highest BCUT2D eigenvalue weighted by molar-refractivity contribution is 6.32. The van der Waals surface area contributed by atoms with Crippen LogP contribution in [0.4, 0.5) is 34.8 Å². The lowest BCUT2D eigenvalue weighted by atomic mass is 9.57. The lowest BCUT2D eigenvalue weighted by molar-refractivity contribution is -0.138. The summed E-state index contributed by atoms with van der Waals surface area (Å²) in [5.74, 6) is -0.978. The zero-order chi connectivity index (χ0) is 49.6. The van der Waals surface area contributed by atoms with Crippen molar-refractivity contribution in [2.45, 2.75) is 95.5 Å². The molecule has 3 amide bonds. The van der Waals surface area contributed by atoms with Crippen molar-refractivity contribution in [3.63, 3.8) is 0 Å². The lowest BCUT2D eigenvalue weighted by Crippen LogP contribution is -2.53. The predicted octanol–water partition coefficient (Wildman–Crippen LogP) is 6.67. The summed E-state index contributed by atoms with van der Waals surface area (Å²) in [6.07, 6.45) is 4.79. The Morgan fingerprint density at radius 2 is 1.69 bits per heavy atom. The molecule has 2 aliphatic carbocycles. The third-order valence-corrected chi connectivity index (χ3v) is 16.7. The van der Waals surface area contributed by atoms with E-state index in [1.54, 1.807) is 11.8 Å². The molecule has 2 aromatic heterocycles. The normalized spacial score (nSPS) is 24.9. The first kappa shape index (κ1) is 47.9. The molecule has 1 spiro atoms. The van der Waals surface area contributed by atoms with Gasteiger partial charge in [0.05, 0.1) is 28.2 Å². The third-order valence-electron chi connectivity index (χ3n) is 16.4. The number of nitrogens with zero attached hydrogens (tertiary/aromatic N) is 8. The van der Waals surface area contributed by atoms with Gasteiger partial charge in [0.2, 0.25) is 11.8 Å². The van der Waals surface area contributed by atoms with Crippen LogP contribution in [0.25, 0.3) is 22.2 Å². The topological polar surface area (TPSA) is 174 Å². The van der Waals surface area contributed by atoms with Gasteiger partial charge in [0, 0.05) is 99.4 Å². The highest BCUT2D eigenvalue weighted by Gasteiger charge is 2.50.